The van der Waals surface area contributed by atoms with Gasteiger partial charge in [0.15, 0.2) is 0 Å². The topological polar surface area (TPSA) is 37.3 Å². The predicted octanol–water partition coefficient (Wildman–Crippen LogP) is 0.645. The molecule has 0 aliphatic carbocycles. The average Bonchev–Trinajstić information content (AvgIpc) is 1.36. The molecule has 1 N–H and O–H groups in total. The molecule has 0 aliphatic heterocycles. The molecule has 0 spiro atoms. The molecule has 1 radical (unpaired) electrons. The fourth-order valence-electron chi connectivity index (χ4n) is 0. The van der Waals surface area contributed by atoms with Gasteiger partial charge < -0.3 is 5.11 Å². The zero-order valence-corrected chi connectivity index (χ0v) is 6.66. The van der Waals surface area contributed by atoms with E-state index in [0.717, 1.165) is 0 Å². The first-order valence-corrected chi connectivity index (χ1v) is 1.53. The van der Waals surface area contributed by atoms with Crippen LogP contribution in [0.4, 0.5) is 0 Å². The summed E-state index contributed by atoms with van der Waals surface area (Å²) >= 11 is 0. The van der Waals surface area contributed by atoms with Crippen molar-refractivity contribution in [2.24, 2.45) is 0 Å². The molecule has 0 atom stereocenters. The first-order valence-electron chi connectivity index (χ1n) is 1.53. The van der Waals surface area contributed by atoms with Crippen molar-refractivity contribution in [1.29, 1.82) is 0 Å². The Kier molecular flexibility index (Phi) is 5.77. The fourth-order valence-corrected chi connectivity index (χ4v) is 0. The van der Waals surface area contributed by atoms with Gasteiger partial charge in [0.1, 0.15) is 0 Å². The summed E-state index contributed by atoms with van der Waals surface area (Å²) < 4.78 is 0. The average molecular weight is 272 g/mol. The van der Waals surface area contributed by atoms with Gasteiger partial charge in [0.05, 0.1) is 0 Å². The molecule has 0 aliphatic rings. The Bertz CT molecular complexity index is 75.7. The molecule has 0 fully saturated rings. The van der Waals surface area contributed by atoms with E-state index in [0.29, 0.717) is 0 Å². The number of hydrogen-bond donors (Lipinski definition) is 1. The third-order valence-electron chi connectivity index (χ3n) is 0.365. The minimum Gasteiger partial charge on any atom is -0.478 e. The fraction of sp³-hybridized carbons (Fsp3) is 0.250. The number of hydrogen-bond acceptors (Lipinski definition) is 1. The molecule has 0 unspecified atom stereocenters. The zero-order chi connectivity index (χ0) is 5.15. The van der Waals surface area contributed by atoms with Gasteiger partial charge in [-0.05, 0) is 6.92 Å². The number of carbonyl (C=O) groups is 1. The Morgan fingerprint density at radius 1 is 1.71 bits per heavy atom. The van der Waals surface area contributed by atoms with Gasteiger partial charge in [-0.3, -0.25) is 0 Å². The third-order valence-corrected chi connectivity index (χ3v) is 0.365. The number of aliphatic carboxylic acids is 1. The summed E-state index contributed by atoms with van der Waals surface area (Å²) in [6, 6.07) is 0. The van der Waals surface area contributed by atoms with Gasteiger partial charge in [-0.25, -0.2) is 4.79 Å². The maximum atomic E-state index is 9.60. The van der Waals surface area contributed by atoms with E-state index in [2.05, 4.69) is 6.58 Å². The quantitative estimate of drug-likeness (QED) is 0.712. The van der Waals surface area contributed by atoms with Crippen molar-refractivity contribution in [1.82, 2.24) is 0 Å². The second-order valence-electron chi connectivity index (χ2n) is 1.09. The summed E-state index contributed by atoms with van der Waals surface area (Å²) in [5.74, 6) is -0.935. The van der Waals surface area contributed by atoms with Crippen LogP contribution in [0.1, 0.15) is 6.92 Å². The van der Waals surface area contributed by atoms with Crippen LogP contribution in [0, 0.1) is 0 Å². The Balaban J connectivity index is 0. The van der Waals surface area contributed by atoms with Gasteiger partial charge >= 0.3 is 5.97 Å². The van der Waals surface area contributed by atoms with Crippen LogP contribution in [-0.2, 0) is 25.2 Å². The third kappa shape index (κ3) is 5.87. The molecule has 0 amide bonds. The van der Waals surface area contributed by atoms with E-state index in [-0.39, 0.29) is 26.0 Å². The summed E-state index contributed by atoms with van der Waals surface area (Å²) in [5, 5.41) is 7.89. The number of rotatable bonds is 1. The number of carboxylic acids is 1. The molecule has 3 heteroatoms. The largest absolute Gasteiger partial charge is 0.478 e. The van der Waals surface area contributed by atoms with Gasteiger partial charge in [-0.1, -0.05) is 6.58 Å². The second-order valence-corrected chi connectivity index (χ2v) is 1.09. The Labute approximate surface area is 55.9 Å². The van der Waals surface area contributed by atoms with Crippen molar-refractivity contribution in [3.8, 4) is 0 Å². The van der Waals surface area contributed by atoms with Gasteiger partial charge in [-0.15, -0.1) is 0 Å². The summed E-state index contributed by atoms with van der Waals surface area (Å²) in [7, 11) is 0. The van der Waals surface area contributed by atoms with Crippen LogP contribution >= 0.6 is 0 Å². The molecule has 0 heterocycles. The van der Waals surface area contributed by atoms with E-state index in [1.165, 1.54) is 6.92 Å². The molecular formula is C4H6O2Re. The van der Waals surface area contributed by atoms with Crippen LogP contribution in [-0.4, -0.2) is 11.1 Å². The van der Waals surface area contributed by atoms with Crippen LogP contribution in [0.25, 0.3) is 0 Å². The van der Waals surface area contributed by atoms with Crippen LogP contribution in [0.5, 0.6) is 0 Å². The molecule has 0 saturated heterocycles. The Hall–Kier alpha value is -0.128. The SMILES string of the molecule is C=C(C)C(=O)O.[Re]. The molecule has 7 heavy (non-hydrogen) atoms. The summed E-state index contributed by atoms with van der Waals surface area (Å²) in [6.07, 6.45) is 0. The van der Waals surface area contributed by atoms with Crippen molar-refractivity contribution in [3.05, 3.63) is 12.2 Å². The van der Waals surface area contributed by atoms with Gasteiger partial charge in [0.25, 0.3) is 0 Å². The first-order chi connectivity index (χ1) is 2.64. The van der Waals surface area contributed by atoms with Crippen molar-refractivity contribution in [2.45, 2.75) is 6.92 Å². The van der Waals surface area contributed by atoms with E-state index >= 15 is 0 Å². The summed E-state index contributed by atoms with van der Waals surface area (Å²) in [5.41, 5.74) is 0.176. The molecule has 2 nitrogen and oxygen atoms in total. The predicted molar refractivity (Wildman–Crippen MR) is 22.4 cm³/mol. The molecule has 0 aromatic heterocycles. The minimum absolute atomic E-state index is 0. The van der Waals surface area contributed by atoms with E-state index in [1.54, 1.807) is 0 Å². The zero-order valence-electron chi connectivity index (χ0n) is 3.94. The molecule has 0 aromatic carbocycles. The van der Waals surface area contributed by atoms with Crippen molar-refractivity contribution in [2.75, 3.05) is 0 Å². The monoisotopic (exact) mass is 273 g/mol. The number of carboxylic acid groups (broad SMARTS) is 1. The molecule has 41 valence electrons. The molecule has 0 rings (SSSR count). The van der Waals surface area contributed by atoms with Gasteiger partial charge in [0, 0.05) is 26.0 Å². The normalized spacial score (nSPS) is 6.43. The van der Waals surface area contributed by atoms with Crippen molar-refractivity contribution < 1.29 is 30.3 Å². The first kappa shape index (κ1) is 9.98. The van der Waals surface area contributed by atoms with Crippen LogP contribution in [0.3, 0.4) is 0 Å². The maximum Gasteiger partial charge on any atom is 0.330 e. The Morgan fingerprint density at radius 2 is 1.86 bits per heavy atom. The molecule has 0 bridgehead atoms. The summed E-state index contributed by atoms with van der Waals surface area (Å²) in [6.45, 7) is 4.60. The van der Waals surface area contributed by atoms with Gasteiger partial charge in [0.2, 0.25) is 0 Å². The maximum absolute atomic E-state index is 9.60. The minimum atomic E-state index is -0.935. The van der Waals surface area contributed by atoms with E-state index in [4.69, 9.17) is 5.11 Å². The van der Waals surface area contributed by atoms with E-state index in [1.807, 2.05) is 0 Å². The van der Waals surface area contributed by atoms with Crippen molar-refractivity contribution >= 4 is 5.97 Å². The van der Waals surface area contributed by atoms with E-state index < -0.39 is 5.97 Å². The molecule has 0 aromatic rings. The van der Waals surface area contributed by atoms with Crippen molar-refractivity contribution in [3.63, 3.8) is 0 Å². The molecule has 0 saturated carbocycles. The van der Waals surface area contributed by atoms with Gasteiger partial charge in [-0.2, -0.15) is 0 Å². The second kappa shape index (κ2) is 4.04. The standard InChI is InChI=1S/C4H6O2.Re/c1-3(2)4(5)6;/h1H2,2H3,(H,5,6);. The smallest absolute Gasteiger partial charge is 0.330 e. The summed E-state index contributed by atoms with van der Waals surface area (Å²) in [4.78, 5) is 9.60. The van der Waals surface area contributed by atoms with Crippen LogP contribution in [0.15, 0.2) is 12.2 Å². The molecular weight excluding hydrogens is 266 g/mol. The van der Waals surface area contributed by atoms with Crippen LogP contribution in [0.2, 0.25) is 0 Å². The van der Waals surface area contributed by atoms with E-state index in [9.17, 15) is 4.79 Å². The van der Waals surface area contributed by atoms with Crippen LogP contribution < -0.4 is 0 Å². The Morgan fingerprint density at radius 3 is 1.86 bits per heavy atom.